The molecule has 0 bridgehead atoms. The number of nitrogens with one attached hydrogen (secondary N) is 2. The van der Waals surface area contributed by atoms with Gasteiger partial charge in [0.1, 0.15) is 11.7 Å². The highest BCUT2D eigenvalue weighted by Crippen LogP contribution is 2.44. The third-order valence-electron chi connectivity index (χ3n) is 8.09. The Kier molecular flexibility index (Phi) is 11.9. The monoisotopic (exact) mass is 594 g/mol. The van der Waals surface area contributed by atoms with Crippen molar-refractivity contribution in [1.29, 1.82) is 0 Å². The van der Waals surface area contributed by atoms with Crippen LogP contribution in [0.15, 0.2) is 48.9 Å². The van der Waals surface area contributed by atoms with E-state index in [1.54, 1.807) is 0 Å². The van der Waals surface area contributed by atoms with E-state index in [1.807, 2.05) is 44.2 Å². The van der Waals surface area contributed by atoms with Gasteiger partial charge in [-0.1, -0.05) is 58.0 Å². The highest BCUT2D eigenvalue weighted by atomic mass is 16.7. The summed E-state index contributed by atoms with van der Waals surface area (Å²) in [6, 6.07) is 8.76. The first kappa shape index (κ1) is 34.7. The number of aromatic nitrogens is 2. The minimum atomic E-state index is -0.847. The molecule has 236 valence electrons. The van der Waals surface area contributed by atoms with Crippen molar-refractivity contribution in [3.63, 3.8) is 0 Å². The molecule has 1 aromatic carbocycles. The zero-order valence-electron chi connectivity index (χ0n) is 27.5. The molecule has 2 unspecified atom stereocenters. The van der Waals surface area contributed by atoms with Gasteiger partial charge in [-0.05, 0) is 64.9 Å². The zero-order valence-corrected chi connectivity index (χ0v) is 27.5. The van der Waals surface area contributed by atoms with Gasteiger partial charge in [-0.15, -0.1) is 0 Å². The van der Waals surface area contributed by atoms with Crippen LogP contribution in [-0.2, 0) is 25.3 Å². The molecule has 2 aromatic rings. The van der Waals surface area contributed by atoms with Crippen molar-refractivity contribution in [3.8, 4) is 0 Å². The zero-order chi connectivity index (χ0) is 31.8. The van der Waals surface area contributed by atoms with E-state index in [2.05, 4.69) is 69.1 Å². The number of hydrogen-bond acceptors (Lipinski definition) is 7. The molecule has 3 rings (SSSR count). The molecule has 1 aromatic heterocycles. The van der Waals surface area contributed by atoms with Crippen molar-refractivity contribution >= 4 is 18.9 Å². The number of rotatable bonds is 15. The van der Waals surface area contributed by atoms with Gasteiger partial charge in [-0.2, -0.15) is 0 Å². The fraction of sp³-hybridized carbons (Fsp3) is 0.636. The highest BCUT2D eigenvalue weighted by molar-refractivity contribution is 6.48. The van der Waals surface area contributed by atoms with Gasteiger partial charge >= 0.3 is 7.12 Å². The standard InChI is InChI=1S/C33H51BN4O5/c1-23(2)15-18-41-31(5,6)22-33(9)32(7,8)42-34(43-33)28(19-24(3)4)38-29(39)26(20-25-13-11-10-12-14-25)37-30(40)27-21-35-16-17-36-27/h10-14,16-17,21,23-24,26,28H,15,18-20,22H2,1-9H3,(H,37,40)(H,38,39)/t26-,28?,33?/m0/s1. The Balaban J connectivity index is 1.80. The average molecular weight is 595 g/mol. The number of hydrogen-bond donors (Lipinski definition) is 2. The van der Waals surface area contributed by atoms with Crippen LogP contribution < -0.4 is 10.6 Å². The lowest BCUT2D eigenvalue weighted by molar-refractivity contribution is -0.123. The molecule has 3 atom stereocenters. The molecule has 1 aliphatic heterocycles. The molecule has 0 saturated carbocycles. The van der Waals surface area contributed by atoms with Crippen LogP contribution >= 0.6 is 0 Å². The predicted molar refractivity (Wildman–Crippen MR) is 169 cm³/mol. The van der Waals surface area contributed by atoms with Crippen molar-refractivity contribution in [2.75, 3.05) is 6.61 Å². The second-order valence-electron chi connectivity index (χ2n) is 13.9. The minimum absolute atomic E-state index is 0.144. The SMILES string of the molecule is CC(C)CCOC(C)(C)CC1(C)OB(C(CC(C)C)NC(=O)[C@H](Cc2ccccc2)NC(=O)c2cnccn2)OC1(C)C. The summed E-state index contributed by atoms with van der Waals surface area (Å²) in [5.41, 5.74) is -0.668. The van der Waals surface area contributed by atoms with E-state index < -0.39 is 41.8 Å². The van der Waals surface area contributed by atoms with E-state index in [1.165, 1.54) is 18.6 Å². The quantitative estimate of drug-likeness (QED) is 0.273. The van der Waals surface area contributed by atoms with Crippen LogP contribution in [0.3, 0.4) is 0 Å². The summed E-state index contributed by atoms with van der Waals surface area (Å²) in [5.74, 6) is -0.404. The first-order chi connectivity index (χ1) is 20.1. The third kappa shape index (κ3) is 10.1. The molecule has 1 fully saturated rings. The topological polar surface area (TPSA) is 112 Å². The summed E-state index contributed by atoms with van der Waals surface area (Å²) in [6.07, 6.45) is 6.88. The fourth-order valence-electron chi connectivity index (χ4n) is 5.43. The van der Waals surface area contributed by atoms with Crippen LogP contribution in [0.2, 0.25) is 0 Å². The molecular weight excluding hydrogens is 543 g/mol. The van der Waals surface area contributed by atoms with E-state index in [4.69, 9.17) is 14.0 Å². The van der Waals surface area contributed by atoms with E-state index in [0.29, 0.717) is 31.8 Å². The van der Waals surface area contributed by atoms with Crippen molar-refractivity contribution in [2.45, 2.75) is 117 Å². The lowest BCUT2D eigenvalue weighted by Gasteiger charge is -2.42. The lowest BCUT2D eigenvalue weighted by Crippen LogP contribution is -2.55. The minimum Gasteiger partial charge on any atom is -0.402 e. The van der Waals surface area contributed by atoms with E-state index in [-0.39, 0.29) is 17.5 Å². The molecule has 0 radical (unpaired) electrons. The largest absolute Gasteiger partial charge is 0.481 e. The molecule has 0 spiro atoms. The molecule has 2 heterocycles. The smallest absolute Gasteiger partial charge is 0.402 e. The summed E-state index contributed by atoms with van der Waals surface area (Å²) in [7, 11) is -0.675. The van der Waals surface area contributed by atoms with Gasteiger partial charge in [0, 0.05) is 31.8 Å². The average Bonchev–Trinajstić information content (AvgIpc) is 3.15. The van der Waals surface area contributed by atoms with Crippen LogP contribution in [-0.4, -0.2) is 64.3 Å². The van der Waals surface area contributed by atoms with Crippen LogP contribution in [0.5, 0.6) is 0 Å². The second kappa shape index (κ2) is 14.8. The van der Waals surface area contributed by atoms with E-state index in [9.17, 15) is 9.59 Å². The number of carbonyl (C=O) groups is 2. The van der Waals surface area contributed by atoms with Crippen LogP contribution in [0.4, 0.5) is 0 Å². The first-order valence-corrected chi connectivity index (χ1v) is 15.5. The Morgan fingerprint density at radius 1 is 1.00 bits per heavy atom. The van der Waals surface area contributed by atoms with E-state index >= 15 is 0 Å². The van der Waals surface area contributed by atoms with Gasteiger partial charge in [0.2, 0.25) is 5.91 Å². The third-order valence-corrected chi connectivity index (χ3v) is 8.09. The molecular formula is C33H51BN4O5. The maximum Gasteiger partial charge on any atom is 0.481 e. The maximum atomic E-state index is 13.9. The van der Waals surface area contributed by atoms with E-state index in [0.717, 1.165) is 12.0 Å². The van der Waals surface area contributed by atoms with Gasteiger partial charge in [-0.25, -0.2) is 4.98 Å². The second-order valence-corrected chi connectivity index (χ2v) is 13.9. The van der Waals surface area contributed by atoms with Gasteiger partial charge in [0.05, 0.1) is 28.9 Å². The predicted octanol–water partition coefficient (Wildman–Crippen LogP) is 5.19. The molecule has 2 N–H and O–H groups in total. The number of amides is 2. The van der Waals surface area contributed by atoms with Gasteiger partial charge < -0.3 is 24.7 Å². The fourth-order valence-corrected chi connectivity index (χ4v) is 5.43. The van der Waals surface area contributed by atoms with Crippen molar-refractivity contribution in [2.24, 2.45) is 11.8 Å². The summed E-state index contributed by atoms with van der Waals surface area (Å²) < 4.78 is 19.6. The number of carbonyl (C=O) groups excluding carboxylic acids is 2. The van der Waals surface area contributed by atoms with Crippen LogP contribution in [0.1, 0.15) is 97.6 Å². The molecule has 43 heavy (non-hydrogen) atoms. The van der Waals surface area contributed by atoms with Crippen molar-refractivity contribution in [1.82, 2.24) is 20.6 Å². The van der Waals surface area contributed by atoms with Gasteiger partial charge in [-0.3, -0.25) is 14.6 Å². The van der Waals surface area contributed by atoms with Crippen LogP contribution in [0.25, 0.3) is 0 Å². The van der Waals surface area contributed by atoms with Crippen molar-refractivity contribution in [3.05, 3.63) is 60.2 Å². The number of ether oxygens (including phenoxy) is 1. The number of benzene rings is 1. The summed E-state index contributed by atoms with van der Waals surface area (Å²) in [4.78, 5) is 35.0. The summed E-state index contributed by atoms with van der Waals surface area (Å²) in [5, 5.41) is 6.05. The lowest BCUT2D eigenvalue weighted by atomic mass is 9.73. The van der Waals surface area contributed by atoms with Crippen molar-refractivity contribution < 1.29 is 23.6 Å². The Labute approximate surface area is 258 Å². The Bertz CT molecular complexity index is 1180. The molecule has 1 aliphatic rings. The summed E-state index contributed by atoms with van der Waals surface area (Å²) >= 11 is 0. The normalized spacial score (nSPS) is 19.8. The summed E-state index contributed by atoms with van der Waals surface area (Å²) in [6.45, 7) is 19.6. The number of nitrogens with zero attached hydrogens (tertiary/aromatic N) is 2. The Morgan fingerprint density at radius 3 is 2.30 bits per heavy atom. The molecule has 10 heteroatoms. The van der Waals surface area contributed by atoms with Gasteiger partial charge in [0.25, 0.3) is 5.91 Å². The Morgan fingerprint density at radius 2 is 1.70 bits per heavy atom. The highest BCUT2D eigenvalue weighted by Gasteiger charge is 2.58. The maximum absolute atomic E-state index is 13.9. The first-order valence-electron chi connectivity index (χ1n) is 15.5. The van der Waals surface area contributed by atoms with Crippen LogP contribution in [0, 0.1) is 11.8 Å². The Hall–Kier alpha value is -2.82. The van der Waals surface area contributed by atoms with Gasteiger partial charge in [0.15, 0.2) is 0 Å². The molecule has 0 aliphatic carbocycles. The molecule has 2 amide bonds. The molecule has 1 saturated heterocycles. The molecule has 9 nitrogen and oxygen atoms in total.